The fourth-order valence-electron chi connectivity index (χ4n) is 3.14. The average Bonchev–Trinajstić information content (AvgIpc) is 3.00. The van der Waals surface area contributed by atoms with Crippen LogP contribution in [0.2, 0.25) is 5.02 Å². The van der Waals surface area contributed by atoms with Crippen molar-refractivity contribution in [2.24, 2.45) is 5.73 Å². The lowest BCUT2D eigenvalue weighted by molar-refractivity contribution is -0.134. The molecule has 0 spiro atoms. The lowest BCUT2D eigenvalue weighted by Gasteiger charge is -2.29. The summed E-state index contributed by atoms with van der Waals surface area (Å²) in [5, 5.41) is 3.26. The summed E-state index contributed by atoms with van der Waals surface area (Å²) in [5.41, 5.74) is 6.20. The second kappa shape index (κ2) is 8.20. The van der Waals surface area contributed by atoms with Crippen molar-refractivity contribution >= 4 is 23.5 Å². The van der Waals surface area contributed by atoms with Crippen LogP contribution in [0.3, 0.4) is 0 Å². The minimum absolute atomic E-state index is 0.0324. The predicted octanol–water partition coefficient (Wildman–Crippen LogP) is 3.23. The first-order valence-corrected chi connectivity index (χ1v) is 8.53. The Bertz CT molecular complexity index is 565. The summed E-state index contributed by atoms with van der Waals surface area (Å²) < 4.78 is 0. The quantitative estimate of drug-likeness (QED) is 0.836. The number of halogens is 1. The summed E-state index contributed by atoms with van der Waals surface area (Å²) in [4.78, 5) is 25.9. The molecule has 1 aliphatic rings. The van der Waals surface area contributed by atoms with Gasteiger partial charge < -0.3 is 16.0 Å². The average molecular weight is 338 g/mol. The van der Waals surface area contributed by atoms with Gasteiger partial charge in [-0.15, -0.1) is 0 Å². The Balaban J connectivity index is 2.18. The first-order valence-electron chi connectivity index (χ1n) is 8.15. The van der Waals surface area contributed by atoms with Crippen LogP contribution in [0.25, 0.3) is 0 Å². The molecule has 3 N–H and O–H groups in total. The number of likely N-dealkylation sites (tertiary alicyclic amines) is 1. The van der Waals surface area contributed by atoms with Gasteiger partial charge in [-0.2, -0.15) is 0 Å². The van der Waals surface area contributed by atoms with Crippen LogP contribution in [-0.2, 0) is 4.79 Å². The molecule has 5 nitrogen and oxygen atoms in total. The van der Waals surface area contributed by atoms with Crippen LogP contribution in [-0.4, -0.2) is 29.4 Å². The van der Waals surface area contributed by atoms with E-state index in [1.807, 2.05) is 36.1 Å². The van der Waals surface area contributed by atoms with E-state index in [1.54, 1.807) is 0 Å². The molecule has 0 saturated carbocycles. The molecule has 1 saturated heterocycles. The number of carbonyl (C=O) groups excluding carboxylic acids is 2. The molecular formula is C17H24ClN3O2. The number of urea groups is 1. The Labute approximate surface area is 142 Å². The van der Waals surface area contributed by atoms with Gasteiger partial charge in [0, 0.05) is 11.6 Å². The van der Waals surface area contributed by atoms with Gasteiger partial charge in [0.1, 0.15) is 6.04 Å². The van der Waals surface area contributed by atoms with Crippen molar-refractivity contribution in [3.8, 4) is 0 Å². The minimum Gasteiger partial charge on any atom is -0.352 e. The molecular weight excluding hydrogens is 314 g/mol. The third-order valence-corrected chi connectivity index (χ3v) is 4.61. The van der Waals surface area contributed by atoms with Gasteiger partial charge in [-0.3, -0.25) is 4.79 Å². The van der Waals surface area contributed by atoms with E-state index in [9.17, 15) is 9.59 Å². The van der Waals surface area contributed by atoms with Crippen molar-refractivity contribution in [2.75, 3.05) is 6.54 Å². The highest BCUT2D eigenvalue weighted by Gasteiger charge is 2.34. The molecule has 1 aliphatic heterocycles. The van der Waals surface area contributed by atoms with E-state index in [4.69, 9.17) is 17.3 Å². The van der Waals surface area contributed by atoms with E-state index in [2.05, 4.69) is 5.32 Å². The fraction of sp³-hybridized carbons (Fsp3) is 0.529. The molecule has 0 bridgehead atoms. The normalized spacial score (nSPS) is 18.7. The van der Waals surface area contributed by atoms with Crippen molar-refractivity contribution in [3.05, 3.63) is 34.9 Å². The number of nitrogens with zero attached hydrogens (tertiary/aromatic N) is 1. The first kappa shape index (κ1) is 17.6. The molecule has 1 aromatic carbocycles. The van der Waals surface area contributed by atoms with E-state index < -0.39 is 12.1 Å². The highest BCUT2D eigenvalue weighted by Crippen LogP contribution is 2.36. The molecule has 6 heteroatoms. The number of carbonyl (C=O) groups is 2. The van der Waals surface area contributed by atoms with Crippen molar-refractivity contribution in [2.45, 2.75) is 51.1 Å². The zero-order valence-electron chi connectivity index (χ0n) is 13.4. The number of amides is 3. The number of nitrogens with one attached hydrogen (secondary N) is 1. The van der Waals surface area contributed by atoms with Gasteiger partial charge in [0.05, 0.1) is 6.04 Å². The highest BCUT2D eigenvalue weighted by atomic mass is 35.5. The summed E-state index contributed by atoms with van der Waals surface area (Å²) >= 11 is 6.29. The highest BCUT2D eigenvalue weighted by molar-refractivity contribution is 6.31. The van der Waals surface area contributed by atoms with E-state index in [-0.39, 0.29) is 11.9 Å². The van der Waals surface area contributed by atoms with Crippen LogP contribution < -0.4 is 11.1 Å². The lowest BCUT2D eigenvalue weighted by atomic mass is 10.0. The maximum atomic E-state index is 12.9. The standard InChI is InChI=1S/C17H24ClN3O2/c1-2-3-9-14(20-17(19)23)16(22)21-11-6-10-15(21)12-7-4-5-8-13(12)18/h4-5,7-8,14-15H,2-3,6,9-11H2,1H3,(H3,19,20,23). The van der Waals surface area contributed by atoms with Gasteiger partial charge in [0.2, 0.25) is 5.91 Å². The molecule has 2 unspecified atom stereocenters. The van der Waals surface area contributed by atoms with Crippen molar-refractivity contribution < 1.29 is 9.59 Å². The van der Waals surface area contributed by atoms with E-state index in [1.165, 1.54) is 0 Å². The number of rotatable bonds is 6. The van der Waals surface area contributed by atoms with Crippen LogP contribution in [0, 0.1) is 0 Å². The predicted molar refractivity (Wildman–Crippen MR) is 91.2 cm³/mol. The van der Waals surface area contributed by atoms with E-state index in [0.29, 0.717) is 18.0 Å². The summed E-state index contributed by atoms with van der Waals surface area (Å²) in [5.74, 6) is -0.0698. The molecule has 0 aliphatic carbocycles. The minimum atomic E-state index is -0.659. The van der Waals surface area contributed by atoms with E-state index >= 15 is 0 Å². The van der Waals surface area contributed by atoms with Crippen molar-refractivity contribution in [3.63, 3.8) is 0 Å². The second-order valence-corrected chi connectivity index (χ2v) is 6.32. The lowest BCUT2D eigenvalue weighted by Crippen LogP contribution is -2.49. The second-order valence-electron chi connectivity index (χ2n) is 5.91. The Kier molecular flexibility index (Phi) is 6.28. The van der Waals surface area contributed by atoms with Gasteiger partial charge in [-0.1, -0.05) is 49.6 Å². The number of primary amides is 1. The number of hydrogen-bond acceptors (Lipinski definition) is 2. The Morgan fingerprint density at radius 1 is 1.43 bits per heavy atom. The number of hydrogen-bond donors (Lipinski definition) is 2. The van der Waals surface area contributed by atoms with Gasteiger partial charge in [-0.25, -0.2) is 4.79 Å². The topological polar surface area (TPSA) is 75.4 Å². The fourth-order valence-corrected chi connectivity index (χ4v) is 3.40. The zero-order valence-corrected chi connectivity index (χ0v) is 14.2. The smallest absolute Gasteiger partial charge is 0.312 e. The third-order valence-electron chi connectivity index (χ3n) is 4.26. The summed E-state index contributed by atoms with van der Waals surface area (Å²) in [7, 11) is 0. The summed E-state index contributed by atoms with van der Waals surface area (Å²) in [6, 6.07) is 6.36. The maximum absolute atomic E-state index is 12.9. The molecule has 23 heavy (non-hydrogen) atoms. The molecule has 126 valence electrons. The number of benzene rings is 1. The van der Waals surface area contributed by atoms with Gasteiger partial charge in [0.25, 0.3) is 0 Å². The Morgan fingerprint density at radius 3 is 2.83 bits per heavy atom. The maximum Gasteiger partial charge on any atom is 0.312 e. The van der Waals surface area contributed by atoms with Gasteiger partial charge >= 0.3 is 6.03 Å². The molecule has 0 radical (unpaired) electrons. The zero-order chi connectivity index (χ0) is 16.8. The monoisotopic (exact) mass is 337 g/mol. The molecule has 1 fully saturated rings. The van der Waals surface area contributed by atoms with Crippen LogP contribution in [0.1, 0.15) is 50.6 Å². The molecule has 1 aromatic rings. The van der Waals surface area contributed by atoms with Crippen LogP contribution in [0.4, 0.5) is 4.79 Å². The molecule has 1 heterocycles. The van der Waals surface area contributed by atoms with Crippen molar-refractivity contribution in [1.82, 2.24) is 10.2 Å². The third kappa shape index (κ3) is 4.38. The number of nitrogens with two attached hydrogens (primary N) is 1. The largest absolute Gasteiger partial charge is 0.352 e. The van der Waals surface area contributed by atoms with Crippen LogP contribution in [0.5, 0.6) is 0 Å². The first-order chi connectivity index (χ1) is 11.0. The van der Waals surface area contributed by atoms with Crippen LogP contribution >= 0.6 is 11.6 Å². The van der Waals surface area contributed by atoms with Gasteiger partial charge in [-0.05, 0) is 30.9 Å². The van der Waals surface area contributed by atoms with Crippen molar-refractivity contribution in [1.29, 1.82) is 0 Å². The summed E-state index contributed by atoms with van der Waals surface area (Å²) in [6.45, 7) is 2.73. The number of unbranched alkanes of at least 4 members (excludes halogenated alkanes) is 1. The van der Waals surface area contributed by atoms with Gasteiger partial charge in [0.15, 0.2) is 0 Å². The summed E-state index contributed by atoms with van der Waals surface area (Å²) in [6.07, 6.45) is 4.23. The van der Waals surface area contributed by atoms with E-state index in [0.717, 1.165) is 31.2 Å². The van der Waals surface area contributed by atoms with Crippen LogP contribution in [0.15, 0.2) is 24.3 Å². The molecule has 3 amide bonds. The molecule has 2 atom stereocenters. The Morgan fingerprint density at radius 2 is 2.17 bits per heavy atom. The molecule has 0 aromatic heterocycles. The molecule has 2 rings (SSSR count). The SMILES string of the molecule is CCCCC(NC(N)=O)C(=O)N1CCCC1c1ccccc1Cl. The Hall–Kier alpha value is -1.75.